The molecule has 124 valence electrons. The molecular weight excluding hydrogens is 330 g/mol. The molecule has 4 rings (SSSR count). The number of nitrogens with zero attached hydrogens (tertiary/aromatic N) is 2. The highest BCUT2D eigenvalue weighted by molar-refractivity contribution is 7.13. The molecule has 7 nitrogen and oxygen atoms in total. The molecule has 1 N–H and O–H groups in total. The summed E-state index contributed by atoms with van der Waals surface area (Å²) >= 11 is 1.35. The summed E-state index contributed by atoms with van der Waals surface area (Å²) in [4.78, 5) is 30.5. The minimum Gasteiger partial charge on any atom is -0.454 e. The minimum absolute atomic E-state index is 0.0584. The van der Waals surface area contributed by atoms with Gasteiger partial charge in [-0.1, -0.05) is 6.07 Å². The number of ether oxygens (including phenoxy) is 2. The summed E-state index contributed by atoms with van der Waals surface area (Å²) in [6.45, 7) is 0.187. The Hall–Kier alpha value is -2.61. The van der Waals surface area contributed by atoms with Crippen LogP contribution in [0.2, 0.25) is 0 Å². The molecule has 0 spiro atoms. The number of likely N-dealkylation sites (tertiary alicyclic amines) is 1. The third kappa shape index (κ3) is 2.48. The predicted molar refractivity (Wildman–Crippen MR) is 86.9 cm³/mol. The lowest BCUT2D eigenvalue weighted by molar-refractivity contribution is -0.127. The largest absolute Gasteiger partial charge is 0.454 e. The molecule has 0 saturated carbocycles. The van der Waals surface area contributed by atoms with E-state index in [4.69, 9.17) is 9.47 Å². The lowest BCUT2D eigenvalue weighted by Gasteiger charge is -2.24. The van der Waals surface area contributed by atoms with E-state index < -0.39 is 5.92 Å². The van der Waals surface area contributed by atoms with Crippen LogP contribution >= 0.6 is 11.3 Å². The fourth-order valence-electron chi connectivity index (χ4n) is 3.14. The second-order valence-corrected chi connectivity index (χ2v) is 6.59. The van der Waals surface area contributed by atoms with Gasteiger partial charge in [0.2, 0.25) is 18.6 Å². The summed E-state index contributed by atoms with van der Waals surface area (Å²) in [6.07, 6.45) is 1.80. The lowest BCUT2D eigenvalue weighted by Crippen LogP contribution is -2.30. The van der Waals surface area contributed by atoms with Crippen LogP contribution in [-0.2, 0) is 9.59 Å². The highest BCUT2D eigenvalue weighted by atomic mass is 32.1. The number of nitrogens with one attached hydrogen (secondary N) is 1. The Morgan fingerprint density at radius 3 is 3.00 bits per heavy atom. The van der Waals surface area contributed by atoms with Crippen molar-refractivity contribution < 1.29 is 19.1 Å². The molecule has 0 unspecified atom stereocenters. The summed E-state index contributed by atoms with van der Waals surface area (Å²) in [5.74, 6) is 0.572. The van der Waals surface area contributed by atoms with E-state index in [-0.39, 0.29) is 31.1 Å². The Bertz CT molecular complexity index is 793. The number of hydrogen-bond donors (Lipinski definition) is 1. The van der Waals surface area contributed by atoms with Crippen molar-refractivity contribution in [2.24, 2.45) is 5.92 Å². The number of fused-ring (bicyclic) bond motifs is 1. The van der Waals surface area contributed by atoms with Crippen LogP contribution in [0.15, 0.2) is 29.8 Å². The summed E-state index contributed by atoms with van der Waals surface area (Å²) in [5.41, 5.74) is 0.854. The van der Waals surface area contributed by atoms with Crippen LogP contribution in [-0.4, -0.2) is 35.5 Å². The van der Waals surface area contributed by atoms with Crippen molar-refractivity contribution in [3.8, 4) is 11.5 Å². The third-order valence-electron chi connectivity index (χ3n) is 4.32. The molecule has 1 aromatic carbocycles. The van der Waals surface area contributed by atoms with Crippen molar-refractivity contribution >= 4 is 28.3 Å². The van der Waals surface area contributed by atoms with Crippen molar-refractivity contribution in [3.63, 3.8) is 0 Å². The monoisotopic (exact) mass is 345 g/mol. The van der Waals surface area contributed by atoms with E-state index in [1.807, 2.05) is 18.2 Å². The first-order valence-corrected chi connectivity index (χ1v) is 8.37. The zero-order valence-electron chi connectivity index (χ0n) is 12.9. The number of rotatable bonds is 3. The number of thiazole rings is 1. The fourth-order valence-corrected chi connectivity index (χ4v) is 3.67. The fraction of sp³-hybridized carbons (Fsp3) is 0.312. The molecule has 0 radical (unpaired) electrons. The first kappa shape index (κ1) is 14.9. The van der Waals surface area contributed by atoms with Gasteiger partial charge in [0.25, 0.3) is 0 Å². The molecule has 2 aliphatic heterocycles. The average Bonchev–Trinajstić information content (AvgIpc) is 3.28. The maximum absolute atomic E-state index is 12.6. The zero-order chi connectivity index (χ0) is 16.7. The van der Waals surface area contributed by atoms with Crippen LogP contribution in [0, 0.1) is 5.92 Å². The molecule has 2 atom stereocenters. The van der Waals surface area contributed by atoms with Gasteiger partial charge in [-0.2, -0.15) is 0 Å². The molecule has 1 aromatic heterocycles. The second-order valence-electron chi connectivity index (χ2n) is 5.70. The van der Waals surface area contributed by atoms with E-state index in [1.54, 1.807) is 23.5 Å². The summed E-state index contributed by atoms with van der Waals surface area (Å²) in [6, 6.07) is 5.18. The topological polar surface area (TPSA) is 80.8 Å². The highest BCUT2D eigenvalue weighted by Crippen LogP contribution is 2.41. The van der Waals surface area contributed by atoms with Crippen LogP contribution in [0.1, 0.15) is 18.0 Å². The van der Waals surface area contributed by atoms with Crippen molar-refractivity contribution in [1.82, 2.24) is 9.88 Å². The Morgan fingerprint density at radius 2 is 2.21 bits per heavy atom. The van der Waals surface area contributed by atoms with E-state index in [2.05, 4.69) is 10.3 Å². The Labute approximate surface area is 142 Å². The predicted octanol–water partition coefficient (Wildman–Crippen LogP) is 2.03. The Morgan fingerprint density at radius 1 is 1.38 bits per heavy atom. The van der Waals surface area contributed by atoms with Gasteiger partial charge in [0.05, 0.1) is 12.0 Å². The summed E-state index contributed by atoms with van der Waals surface area (Å²) < 4.78 is 10.7. The van der Waals surface area contributed by atoms with Crippen molar-refractivity contribution in [2.45, 2.75) is 12.5 Å². The summed E-state index contributed by atoms with van der Waals surface area (Å²) in [7, 11) is 1.72. The lowest BCUT2D eigenvalue weighted by atomic mass is 9.92. The number of benzene rings is 1. The normalized spacial score (nSPS) is 22.0. The molecule has 0 bridgehead atoms. The molecule has 2 aliphatic rings. The van der Waals surface area contributed by atoms with Gasteiger partial charge in [-0.15, -0.1) is 11.3 Å². The minimum atomic E-state index is -0.480. The van der Waals surface area contributed by atoms with Gasteiger partial charge >= 0.3 is 0 Å². The number of anilines is 1. The maximum atomic E-state index is 12.6. The third-order valence-corrected chi connectivity index (χ3v) is 5.01. The van der Waals surface area contributed by atoms with Gasteiger partial charge < -0.3 is 19.7 Å². The van der Waals surface area contributed by atoms with Crippen molar-refractivity contribution in [1.29, 1.82) is 0 Å². The van der Waals surface area contributed by atoms with E-state index >= 15 is 0 Å². The standard InChI is InChI=1S/C16H15N3O4S/c1-19-13(20)7-10(15(21)18-16-17-4-5-24-16)14(19)9-2-3-11-12(6-9)23-8-22-11/h2-6,10,14H,7-8H2,1H3,(H,17,18,21)/t10-,14+/m1/s1. The molecule has 1 saturated heterocycles. The molecule has 8 heteroatoms. The Kier molecular flexibility index (Phi) is 3.61. The molecule has 2 amide bonds. The number of aromatic nitrogens is 1. The SMILES string of the molecule is CN1C(=O)C[C@@H](C(=O)Nc2nccs2)[C@@H]1c1ccc2c(c1)OCO2. The Balaban J connectivity index is 1.63. The van der Waals surface area contributed by atoms with Gasteiger partial charge in [-0.05, 0) is 17.7 Å². The zero-order valence-corrected chi connectivity index (χ0v) is 13.7. The molecular formula is C16H15N3O4S. The maximum Gasteiger partial charge on any atom is 0.232 e. The number of carbonyl (C=O) groups is 2. The number of hydrogen-bond acceptors (Lipinski definition) is 6. The molecule has 3 heterocycles. The first-order valence-electron chi connectivity index (χ1n) is 7.49. The van der Waals surface area contributed by atoms with Crippen molar-refractivity contribution in [3.05, 3.63) is 35.3 Å². The molecule has 0 aliphatic carbocycles. The van der Waals surface area contributed by atoms with Gasteiger partial charge in [0.1, 0.15) is 0 Å². The van der Waals surface area contributed by atoms with E-state index in [1.165, 1.54) is 11.3 Å². The van der Waals surface area contributed by atoms with Gasteiger partial charge in [0, 0.05) is 25.0 Å². The van der Waals surface area contributed by atoms with Gasteiger partial charge in [-0.25, -0.2) is 4.98 Å². The van der Waals surface area contributed by atoms with E-state index in [0.29, 0.717) is 16.6 Å². The van der Waals surface area contributed by atoms with Crippen LogP contribution in [0.3, 0.4) is 0 Å². The van der Waals surface area contributed by atoms with Crippen molar-refractivity contribution in [2.75, 3.05) is 19.2 Å². The average molecular weight is 345 g/mol. The van der Waals surface area contributed by atoms with Gasteiger partial charge in [0.15, 0.2) is 16.6 Å². The van der Waals surface area contributed by atoms with Crippen LogP contribution in [0.25, 0.3) is 0 Å². The molecule has 24 heavy (non-hydrogen) atoms. The number of amides is 2. The van der Waals surface area contributed by atoms with Crippen LogP contribution < -0.4 is 14.8 Å². The highest BCUT2D eigenvalue weighted by Gasteiger charge is 2.43. The number of carbonyl (C=O) groups excluding carboxylic acids is 2. The first-order chi connectivity index (χ1) is 11.6. The smallest absolute Gasteiger partial charge is 0.232 e. The van der Waals surface area contributed by atoms with Crippen LogP contribution in [0.5, 0.6) is 11.5 Å². The van der Waals surface area contributed by atoms with E-state index in [9.17, 15) is 9.59 Å². The van der Waals surface area contributed by atoms with Gasteiger partial charge in [-0.3, -0.25) is 9.59 Å². The second kappa shape index (κ2) is 5.79. The quantitative estimate of drug-likeness (QED) is 0.921. The molecule has 1 fully saturated rings. The summed E-state index contributed by atoms with van der Waals surface area (Å²) in [5, 5.41) is 5.11. The van der Waals surface area contributed by atoms with E-state index in [0.717, 1.165) is 5.56 Å². The molecule has 2 aromatic rings. The van der Waals surface area contributed by atoms with Crippen LogP contribution in [0.4, 0.5) is 5.13 Å².